The summed E-state index contributed by atoms with van der Waals surface area (Å²) in [5.74, 6) is 0. The maximum atomic E-state index is 12.7. The zero-order valence-electron chi connectivity index (χ0n) is 14.7. The molecule has 0 unspecified atom stereocenters. The molecule has 2 saturated heterocycles. The molecule has 146 valence electrons. The van der Waals surface area contributed by atoms with Crippen molar-refractivity contribution in [1.82, 2.24) is 9.21 Å². The SMILES string of the molecule is O=S(=O)(c1ccc(C(F)(F)F)cc1)N1CCC(N2CCCCCC2)CC1. The fourth-order valence-corrected chi connectivity index (χ4v) is 5.34. The Morgan fingerprint density at radius 2 is 1.38 bits per heavy atom. The van der Waals surface area contributed by atoms with E-state index in [2.05, 4.69) is 4.90 Å². The lowest BCUT2D eigenvalue weighted by Crippen LogP contribution is -2.47. The van der Waals surface area contributed by atoms with Crippen molar-refractivity contribution >= 4 is 10.0 Å². The second-order valence-corrected chi connectivity index (χ2v) is 9.05. The predicted molar refractivity (Wildman–Crippen MR) is 93.3 cm³/mol. The highest BCUT2D eigenvalue weighted by Crippen LogP contribution is 2.31. The van der Waals surface area contributed by atoms with Gasteiger partial charge in [-0.25, -0.2) is 8.42 Å². The first kappa shape index (κ1) is 19.6. The third kappa shape index (κ3) is 4.40. The average Bonchev–Trinajstić information content (AvgIpc) is 2.91. The molecule has 2 fully saturated rings. The summed E-state index contributed by atoms with van der Waals surface area (Å²) in [6.07, 6.45) is 2.01. The van der Waals surface area contributed by atoms with Crippen LogP contribution < -0.4 is 0 Å². The molecule has 0 saturated carbocycles. The van der Waals surface area contributed by atoms with Crippen LogP contribution in [0.5, 0.6) is 0 Å². The van der Waals surface area contributed by atoms with Gasteiger partial charge in [0.1, 0.15) is 0 Å². The minimum atomic E-state index is -4.46. The Labute approximate surface area is 153 Å². The molecule has 1 aromatic carbocycles. The normalized spacial score (nSPS) is 22.3. The summed E-state index contributed by atoms with van der Waals surface area (Å²) in [5, 5.41) is 0. The molecule has 26 heavy (non-hydrogen) atoms. The Kier molecular flexibility index (Phi) is 5.94. The Hall–Kier alpha value is -1.12. The van der Waals surface area contributed by atoms with Gasteiger partial charge in [0.15, 0.2) is 0 Å². The van der Waals surface area contributed by atoms with Crippen LogP contribution in [0, 0.1) is 0 Å². The Morgan fingerprint density at radius 1 is 0.846 bits per heavy atom. The van der Waals surface area contributed by atoms with E-state index in [0.29, 0.717) is 19.1 Å². The number of hydrogen-bond acceptors (Lipinski definition) is 3. The average molecular weight is 390 g/mol. The zero-order chi connectivity index (χ0) is 18.8. The van der Waals surface area contributed by atoms with E-state index in [1.165, 1.54) is 30.0 Å². The predicted octanol–water partition coefficient (Wildman–Crippen LogP) is 3.73. The summed E-state index contributed by atoms with van der Waals surface area (Å²) >= 11 is 0. The molecular weight excluding hydrogens is 365 g/mol. The van der Waals surface area contributed by atoms with E-state index in [1.54, 1.807) is 0 Å². The highest BCUT2D eigenvalue weighted by molar-refractivity contribution is 7.89. The van der Waals surface area contributed by atoms with Crippen LogP contribution in [0.2, 0.25) is 0 Å². The number of likely N-dealkylation sites (tertiary alicyclic amines) is 1. The topological polar surface area (TPSA) is 40.6 Å². The van der Waals surface area contributed by atoms with Gasteiger partial charge in [-0.15, -0.1) is 0 Å². The van der Waals surface area contributed by atoms with Crippen LogP contribution in [0.3, 0.4) is 0 Å². The molecule has 0 atom stereocenters. The number of benzene rings is 1. The summed E-state index contributed by atoms with van der Waals surface area (Å²) in [4.78, 5) is 2.41. The van der Waals surface area contributed by atoms with E-state index in [9.17, 15) is 21.6 Å². The van der Waals surface area contributed by atoms with Crippen LogP contribution >= 0.6 is 0 Å². The van der Waals surface area contributed by atoms with Crippen molar-refractivity contribution in [2.24, 2.45) is 0 Å². The zero-order valence-corrected chi connectivity index (χ0v) is 15.5. The van der Waals surface area contributed by atoms with Gasteiger partial charge in [0.25, 0.3) is 0 Å². The fraction of sp³-hybridized carbons (Fsp3) is 0.667. The van der Waals surface area contributed by atoms with Crippen molar-refractivity contribution in [3.63, 3.8) is 0 Å². The first-order chi connectivity index (χ1) is 12.3. The van der Waals surface area contributed by atoms with Gasteiger partial charge in [0.05, 0.1) is 10.5 Å². The summed E-state index contributed by atoms with van der Waals surface area (Å²) in [5.41, 5.74) is -0.837. The third-order valence-electron chi connectivity index (χ3n) is 5.40. The van der Waals surface area contributed by atoms with Gasteiger partial charge in [-0.05, 0) is 63.0 Å². The van der Waals surface area contributed by atoms with Crippen LogP contribution in [0.15, 0.2) is 29.2 Å². The number of rotatable bonds is 3. The Bertz CT molecular complexity index is 688. The molecule has 0 bridgehead atoms. The minimum absolute atomic E-state index is 0.0706. The van der Waals surface area contributed by atoms with Crippen molar-refractivity contribution in [1.29, 1.82) is 0 Å². The largest absolute Gasteiger partial charge is 0.416 e. The number of piperidine rings is 1. The lowest BCUT2D eigenvalue weighted by atomic mass is 10.0. The molecule has 2 aliphatic heterocycles. The van der Waals surface area contributed by atoms with Crippen LogP contribution in [-0.2, 0) is 16.2 Å². The number of hydrogen-bond donors (Lipinski definition) is 0. The van der Waals surface area contributed by atoms with Crippen LogP contribution in [0.25, 0.3) is 0 Å². The van der Waals surface area contributed by atoms with E-state index in [1.807, 2.05) is 0 Å². The molecule has 0 N–H and O–H groups in total. The van der Waals surface area contributed by atoms with Gasteiger partial charge in [0, 0.05) is 19.1 Å². The second kappa shape index (κ2) is 7.86. The maximum absolute atomic E-state index is 12.7. The van der Waals surface area contributed by atoms with Crippen molar-refractivity contribution in [2.75, 3.05) is 26.2 Å². The maximum Gasteiger partial charge on any atom is 0.416 e. The first-order valence-corrected chi connectivity index (χ1v) is 10.6. The van der Waals surface area contributed by atoms with Crippen molar-refractivity contribution in [3.8, 4) is 0 Å². The molecule has 0 radical (unpaired) electrons. The molecule has 2 aliphatic rings. The van der Waals surface area contributed by atoms with E-state index in [-0.39, 0.29) is 4.90 Å². The van der Waals surface area contributed by atoms with E-state index in [4.69, 9.17) is 0 Å². The summed E-state index contributed by atoms with van der Waals surface area (Å²) in [6.45, 7) is 3.00. The van der Waals surface area contributed by atoms with Gasteiger partial charge >= 0.3 is 6.18 Å². The molecule has 0 aliphatic carbocycles. The molecule has 0 amide bonds. The van der Waals surface area contributed by atoms with E-state index < -0.39 is 21.8 Å². The Morgan fingerprint density at radius 3 is 1.88 bits per heavy atom. The van der Waals surface area contributed by atoms with Crippen LogP contribution in [0.1, 0.15) is 44.1 Å². The number of sulfonamides is 1. The van der Waals surface area contributed by atoms with Gasteiger partial charge in [-0.3, -0.25) is 0 Å². The number of halogens is 3. The fourth-order valence-electron chi connectivity index (χ4n) is 3.87. The van der Waals surface area contributed by atoms with Crippen molar-refractivity contribution in [3.05, 3.63) is 29.8 Å². The monoisotopic (exact) mass is 390 g/mol. The summed E-state index contributed by atoms with van der Waals surface area (Å²) < 4.78 is 64.8. The molecular formula is C18H25F3N2O2S. The molecule has 0 spiro atoms. The standard InChI is InChI=1S/C18H25F3N2O2S/c19-18(20,21)15-5-7-17(8-6-15)26(24,25)23-13-9-16(10-14-23)22-11-3-1-2-4-12-22/h5-8,16H,1-4,9-14H2. The molecule has 0 aromatic heterocycles. The van der Waals surface area contributed by atoms with Crippen LogP contribution in [0.4, 0.5) is 13.2 Å². The highest BCUT2D eigenvalue weighted by atomic mass is 32.2. The van der Waals surface area contributed by atoms with Gasteiger partial charge in [-0.1, -0.05) is 12.8 Å². The van der Waals surface area contributed by atoms with Crippen molar-refractivity contribution in [2.45, 2.75) is 55.6 Å². The van der Waals surface area contributed by atoms with E-state index in [0.717, 1.165) is 50.2 Å². The van der Waals surface area contributed by atoms with E-state index >= 15 is 0 Å². The van der Waals surface area contributed by atoms with Gasteiger partial charge < -0.3 is 4.90 Å². The summed E-state index contributed by atoms with van der Waals surface area (Å²) in [7, 11) is -3.74. The molecule has 4 nitrogen and oxygen atoms in total. The number of alkyl halides is 3. The lowest BCUT2D eigenvalue weighted by Gasteiger charge is -2.37. The lowest BCUT2D eigenvalue weighted by molar-refractivity contribution is -0.137. The quantitative estimate of drug-likeness (QED) is 0.790. The van der Waals surface area contributed by atoms with Gasteiger partial charge in [-0.2, -0.15) is 17.5 Å². The Balaban J connectivity index is 1.64. The summed E-state index contributed by atoms with van der Waals surface area (Å²) in [6, 6.07) is 4.18. The highest BCUT2D eigenvalue weighted by Gasteiger charge is 2.34. The smallest absolute Gasteiger partial charge is 0.300 e. The molecule has 2 heterocycles. The minimum Gasteiger partial charge on any atom is -0.300 e. The second-order valence-electron chi connectivity index (χ2n) is 7.11. The number of nitrogens with zero attached hydrogens (tertiary/aromatic N) is 2. The third-order valence-corrected chi connectivity index (χ3v) is 7.31. The molecule has 1 aromatic rings. The van der Waals surface area contributed by atoms with Gasteiger partial charge in [0.2, 0.25) is 10.0 Å². The molecule has 3 rings (SSSR count). The first-order valence-electron chi connectivity index (χ1n) is 9.20. The molecule has 8 heteroatoms. The van der Waals surface area contributed by atoms with Crippen LogP contribution in [-0.4, -0.2) is 49.8 Å². The van der Waals surface area contributed by atoms with Crippen molar-refractivity contribution < 1.29 is 21.6 Å².